The van der Waals surface area contributed by atoms with Crippen LogP contribution in [0.4, 0.5) is 0 Å². The van der Waals surface area contributed by atoms with Gasteiger partial charge in [0, 0.05) is 6.61 Å². The summed E-state index contributed by atoms with van der Waals surface area (Å²) in [6.07, 6.45) is 7.79. The Morgan fingerprint density at radius 1 is 1.22 bits per heavy atom. The molecule has 0 aliphatic heterocycles. The van der Waals surface area contributed by atoms with Crippen LogP contribution in [0.1, 0.15) is 52.4 Å². The third kappa shape index (κ3) is 3.05. The van der Waals surface area contributed by atoms with Gasteiger partial charge in [-0.2, -0.15) is 0 Å². The van der Waals surface area contributed by atoms with Gasteiger partial charge in [-0.05, 0) is 48.9 Å². The molecule has 3 aliphatic carbocycles. The number of fused-ring (bicyclic) bond motifs is 2. The van der Waals surface area contributed by atoms with Crippen LogP contribution in [0.15, 0.2) is 0 Å². The predicted molar refractivity (Wildman–Crippen MR) is 70.4 cm³/mol. The molecule has 0 aromatic carbocycles. The third-order valence-electron chi connectivity index (χ3n) is 5.29. The Morgan fingerprint density at radius 2 is 1.89 bits per heavy atom. The molecule has 0 heterocycles. The average molecular weight is 254 g/mol. The van der Waals surface area contributed by atoms with Gasteiger partial charge in [0.05, 0.1) is 0 Å². The Kier molecular flexibility index (Phi) is 4.31. The van der Waals surface area contributed by atoms with Crippen LogP contribution in [0.5, 0.6) is 0 Å². The van der Waals surface area contributed by atoms with E-state index in [0.717, 1.165) is 24.2 Å². The van der Waals surface area contributed by atoms with Gasteiger partial charge in [0.1, 0.15) is 6.61 Å². The minimum absolute atomic E-state index is 0.151. The van der Waals surface area contributed by atoms with Crippen molar-refractivity contribution in [2.75, 3.05) is 13.2 Å². The maximum atomic E-state index is 10.3. The number of ether oxygens (including phenoxy) is 1. The number of hydrogen-bond donors (Lipinski definition) is 1. The summed E-state index contributed by atoms with van der Waals surface area (Å²) >= 11 is 0. The Balaban J connectivity index is 1.53. The Bertz CT molecular complexity index is 284. The topological polar surface area (TPSA) is 46.5 Å². The van der Waals surface area contributed by atoms with Crippen LogP contribution >= 0.6 is 0 Å². The van der Waals surface area contributed by atoms with Crippen molar-refractivity contribution in [2.24, 2.45) is 23.2 Å². The molecule has 0 aromatic rings. The van der Waals surface area contributed by atoms with Crippen LogP contribution in [0.3, 0.4) is 0 Å². The average Bonchev–Trinajstić information content (AvgIpc) is 2.33. The number of hydrogen-bond acceptors (Lipinski definition) is 2. The molecule has 3 nitrogen and oxygen atoms in total. The smallest absolute Gasteiger partial charge is 0.329 e. The van der Waals surface area contributed by atoms with Gasteiger partial charge in [0.15, 0.2) is 0 Å². The zero-order valence-electron chi connectivity index (χ0n) is 11.7. The van der Waals surface area contributed by atoms with Crippen molar-refractivity contribution in [2.45, 2.75) is 52.4 Å². The van der Waals surface area contributed by atoms with E-state index in [9.17, 15) is 4.79 Å². The first-order valence-electron chi connectivity index (χ1n) is 7.29. The molecule has 3 atom stereocenters. The molecule has 18 heavy (non-hydrogen) atoms. The summed E-state index contributed by atoms with van der Waals surface area (Å²) < 4.78 is 5.05. The molecule has 0 saturated heterocycles. The van der Waals surface area contributed by atoms with Crippen LogP contribution < -0.4 is 0 Å². The van der Waals surface area contributed by atoms with E-state index in [2.05, 4.69) is 13.8 Å². The molecule has 104 valence electrons. The molecule has 2 bridgehead atoms. The lowest BCUT2D eigenvalue weighted by molar-refractivity contribution is -0.142. The lowest BCUT2D eigenvalue weighted by Gasteiger charge is -2.59. The molecule has 3 heteroatoms. The summed E-state index contributed by atoms with van der Waals surface area (Å²) in [5.74, 6) is 1.97. The zero-order valence-corrected chi connectivity index (χ0v) is 11.7. The SMILES string of the molecule is CC1(C)[C@@H]2CC(CCCCOCC(=O)O)C[C@H]1C2. The number of unbranched alkanes of at least 4 members (excludes halogenated alkanes) is 1. The van der Waals surface area contributed by atoms with Crippen LogP contribution in [-0.4, -0.2) is 24.3 Å². The molecule has 1 unspecified atom stereocenters. The summed E-state index contributed by atoms with van der Waals surface area (Å²) in [7, 11) is 0. The van der Waals surface area contributed by atoms with Crippen molar-refractivity contribution in [3.8, 4) is 0 Å². The molecular weight excluding hydrogens is 228 g/mol. The maximum absolute atomic E-state index is 10.3. The molecule has 0 amide bonds. The normalized spacial score (nSPS) is 32.9. The predicted octanol–water partition coefficient (Wildman–Crippen LogP) is 3.33. The van der Waals surface area contributed by atoms with Gasteiger partial charge < -0.3 is 9.84 Å². The monoisotopic (exact) mass is 254 g/mol. The van der Waals surface area contributed by atoms with Gasteiger partial charge in [0.2, 0.25) is 0 Å². The van der Waals surface area contributed by atoms with E-state index in [1.165, 1.54) is 32.1 Å². The summed E-state index contributed by atoms with van der Waals surface area (Å²) in [4.78, 5) is 10.3. The fraction of sp³-hybridized carbons (Fsp3) is 0.933. The van der Waals surface area contributed by atoms with Gasteiger partial charge in [-0.3, -0.25) is 0 Å². The number of carboxylic acid groups (broad SMARTS) is 1. The van der Waals surface area contributed by atoms with E-state index in [1.54, 1.807) is 0 Å². The highest BCUT2D eigenvalue weighted by Gasteiger charge is 2.52. The van der Waals surface area contributed by atoms with E-state index in [-0.39, 0.29) is 6.61 Å². The Morgan fingerprint density at radius 3 is 2.44 bits per heavy atom. The number of rotatable bonds is 7. The lowest BCUT2D eigenvalue weighted by atomic mass is 9.46. The molecule has 0 spiro atoms. The fourth-order valence-electron chi connectivity index (χ4n) is 3.86. The van der Waals surface area contributed by atoms with E-state index in [0.29, 0.717) is 12.0 Å². The van der Waals surface area contributed by atoms with Crippen molar-refractivity contribution in [3.05, 3.63) is 0 Å². The molecule has 0 radical (unpaired) electrons. The highest BCUT2D eigenvalue weighted by Crippen LogP contribution is 2.61. The highest BCUT2D eigenvalue weighted by molar-refractivity contribution is 5.67. The fourth-order valence-corrected chi connectivity index (χ4v) is 3.86. The van der Waals surface area contributed by atoms with Crippen molar-refractivity contribution in [1.29, 1.82) is 0 Å². The summed E-state index contributed by atoms with van der Waals surface area (Å²) in [6.45, 7) is 5.31. The molecule has 3 saturated carbocycles. The van der Waals surface area contributed by atoms with Crippen LogP contribution in [0, 0.1) is 23.2 Å². The highest BCUT2D eigenvalue weighted by atomic mass is 16.5. The molecular formula is C15H26O3. The Hall–Kier alpha value is -0.570. The maximum Gasteiger partial charge on any atom is 0.329 e. The number of carbonyl (C=O) groups is 1. The second kappa shape index (κ2) is 5.60. The quantitative estimate of drug-likeness (QED) is 0.709. The molecule has 3 rings (SSSR count). The first-order chi connectivity index (χ1) is 8.50. The van der Waals surface area contributed by atoms with Crippen LogP contribution in [0.2, 0.25) is 0 Å². The third-order valence-corrected chi connectivity index (χ3v) is 5.29. The summed E-state index contributed by atoms with van der Waals surface area (Å²) in [5, 5.41) is 8.43. The van der Waals surface area contributed by atoms with Crippen molar-refractivity contribution >= 4 is 5.97 Å². The van der Waals surface area contributed by atoms with E-state index in [1.807, 2.05) is 0 Å². The van der Waals surface area contributed by atoms with Crippen molar-refractivity contribution in [3.63, 3.8) is 0 Å². The summed E-state index contributed by atoms with van der Waals surface area (Å²) in [5.41, 5.74) is 0.612. The largest absolute Gasteiger partial charge is 0.480 e. The number of carboxylic acids is 1. The summed E-state index contributed by atoms with van der Waals surface area (Å²) in [6, 6.07) is 0. The van der Waals surface area contributed by atoms with Gasteiger partial charge >= 0.3 is 5.97 Å². The van der Waals surface area contributed by atoms with Gasteiger partial charge in [-0.25, -0.2) is 4.79 Å². The first-order valence-corrected chi connectivity index (χ1v) is 7.29. The molecule has 1 N–H and O–H groups in total. The number of aliphatic carboxylic acids is 1. The van der Waals surface area contributed by atoms with Crippen LogP contribution in [0.25, 0.3) is 0 Å². The van der Waals surface area contributed by atoms with E-state index < -0.39 is 5.97 Å². The van der Waals surface area contributed by atoms with E-state index in [4.69, 9.17) is 9.84 Å². The van der Waals surface area contributed by atoms with Crippen LogP contribution in [-0.2, 0) is 9.53 Å². The van der Waals surface area contributed by atoms with Crippen molar-refractivity contribution < 1.29 is 14.6 Å². The standard InChI is InChI=1S/C15H26O3/c1-15(2)12-7-11(8-13(15)9-12)5-3-4-6-18-10-14(16)17/h11-13H,3-10H2,1-2H3,(H,16,17)/t11?,12-,13+. The van der Waals surface area contributed by atoms with Gasteiger partial charge in [0.25, 0.3) is 0 Å². The van der Waals surface area contributed by atoms with Crippen molar-refractivity contribution in [1.82, 2.24) is 0 Å². The minimum atomic E-state index is -0.871. The molecule has 3 fully saturated rings. The van der Waals surface area contributed by atoms with Gasteiger partial charge in [-0.15, -0.1) is 0 Å². The molecule has 0 aromatic heterocycles. The van der Waals surface area contributed by atoms with Gasteiger partial charge in [-0.1, -0.05) is 26.7 Å². The second-order valence-electron chi connectivity index (χ2n) is 6.73. The minimum Gasteiger partial charge on any atom is -0.480 e. The lowest BCUT2D eigenvalue weighted by Crippen LogP contribution is -2.50. The Labute approximate surface area is 110 Å². The van der Waals surface area contributed by atoms with E-state index >= 15 is 0 Å². The molecule has 3 aliphatic rings. The second-order valence-corrected chi connectivity index (χ2v) is 6.73. The zero-order chi connectivity index (χ0) is 13.2. The first kappa shape index (κ1) is 13.9.